The SMILES string of the molecule is CCCNC(=O)CNC(=O)C(c1nc2cc(-c3ccc4c(c3)CNC4=O)c(F)cc2s1)S(=O)(=O)CCOC. The van der Waals surface area contributed by atoms with Crippen LogP contribution in [0.1, 0.15) is 39.5 Å². The summed E-state index contributed by atoms with van der Waals surface area (Å²) in [5.41, 5.74) is 2.36. The van der Waals surface area contributed by atoms with Crippen LogP contribution in [0.2, 0.25) is 0 Å². The molecule has 0 radical (unpaired) electrons. The molecule has 3 amide bonds. The molecule has 2 aromatic carbocycles. The first-order valence-corrected chi connectivity index (χ1v) is 14.4. The van der Waals surface area contributed by atoms with Gasteiger partial charge in [0.1, 0.15) is 10.8 Å². The number of halogens is 1. The summed E-state index contributed by atoms with van der Waals surface area (Å²) in [6.07, 6.45) is 0.707. The maximum Gasteiger partial charge on any atom is 0.251 e. The average molecular weight is 563 g/mol. The van der Waals surface area contributed by atoms with Gasteiger partial charge in [-0.25, -0.2) is 17.8 Å². The molecule has 10 nitrogen and oxygen atoms in total. The van der Waals surface area contributed by atoms with Crippen molar-refractivity contribution in [1.29, 1.82) is 0 Å². The minimum absolute atomic E-state index is 0.0390. The monoisotopic (exact) mass is 562 g/mol. The molecule has 38 heavy (non-hydrogen) atoms. The Morgan fingerprint density at radius 1 is 1.21 bits per heavy atom. The predicted octanol–water partition coefficient (Wildman–Crippen LogP) is 2.09. The van der Waals surface area contributed by atoms with Crippen molar-refractivity contribution in [2.45, 2.75) is 25.1 Å². The Morgan fingerprint density at radius 2 is 2.00 bits per heavy atom. The van der Waals surface area contributed by atoms with Crippen LogP contribution in [0.5, 0.6) is 0 Å². The molecule has 202 valence electrons. The maximum absolute atomic E-state index is 15.2. The van der Waals surface area contributed by atoms with Gasteiger partial charge in [-0.05, 0) is 41.8 Å². The van der Waals surface area contributed by atoms with Gasteiger partial charge in [0.25, 0.3) is 5.91 Å². The normalized spacial score (nSPS) is 13.7. The minimum atomic E-state index is -4.09. The number of hydrogen-bond acceptors (Lipinski definition) is 8. The van der Waals surface area contributed by atoms with Crippen molar-refractivity contribution in [1.82, 2.24) is 20.9 Å². The molecule has 1 aromatic heterocycles. The van der Waals surface area contributed by atoms with Crippen LogP contribution in [-0.2, 0) is 30.7 Å². The van der Waals surface area contributed by atoms with E-state index in [-0.39, 0.29) is 23.1 Å². The number of methoxy groups -OCH3 is 1. The highest BCUT2D eigenvalue weighted by Crippen LogP contribution is 2.36. The van der Waals surface area contributed by atoms with Gasteiger partial charge in [-0.15, -0.1) is 11.3 Å². The van der Waals surface area contributed by atoms with Crippen LogP contribution in [0, 0.1) is 5.82 Å². The Kier molecular flexibility index (Phi) is 8.38. The molecule has 3 aromatic rings. The van der Waals surface area contributed by atoms with Crippen molar-refractivity contribution < 1.29 is 31.9 Å². The molecular weight excluding hydrogens is 535 g/mol. The highest BCUT2D eigenvalue weighted by atomic mass is 32.2. The molecule has 0 bridgehead atoms. The predicted molar refractivity (Wildman–Crippen MR) is 141 cm³/mol. The third kappa shape index (κ3) is 5.84. The van der Waals surface area contributed by atoms with Crippen molar-refractivity contribution in [3.63, 3.8) is 0 Å². The second-order valence-corrected chi connectivity index (χ2v) is 12.0. The molecule has 1 aliphatic heterocycles. The van der Waals surface area contributed by atoms with Crippen LogP contribution in [0.3, 0.4) is 0 Å². The Labute approximate surface area is 222 Å². The number of rotatable bonds is 11. The van der Waals surface area contributed by atoms with Crippen LogP contribution in [-0.4, -0.2) is 63.7 Å². The first-order chi connectivity index (χ1) is 18.1. The van der Waals surface area contributed by atoms with Crippen molar-refractivity contribution in [2.75, 3.05) is 32.6 Å². The Balaban J connectivity index is 1.68. The number of fused-ring (bicyclic) bond motifs is 2. The minimum Gasteiger partial charge on any atom is -0.384 e. The third-order valence-electron chi connectivity index (χ3n) is 5.98. The number of aromatic nitrogens is 1. The summed E-state index contributed by atoms with van der Waals surface area (Å²) in [4.78, 5) is 41.2. The molecular formula is C25H27FN4O6S2. The fourth-order valence-electron chi connectivity index (χ4n) is 4.03. The first kappa shape index (κ1) is 27.6. The smallest absolute Gasteiger partial charge is 0.251 e. The van der Waals surface area contributed by atoms with Gasteiger partial charge in [-0.3, -0.25) is 14.4 Å². The number of nitrogens with one attached hydrogen (secondary N) is 3. The standard InChI is InChI=1S/C25H27FN4O6S2/c1-3-6-27-21(31)13-29-24(33)22(38(34,35)8-7-36-2)25-30-19-10-17(18(26)11-20(19)37-25)14-4-5-16-15(9-14)12-28-23(16)32/h4-5,9-11,22H,3,6-8,12-13H2,1-2H3,(H,27,31)(H,28,32)(H,29,33). The maximum atomic E-state index is 15.2. The van der Waals surface area contributed by atoms with Crippen molar-refractivity contribution in [2.24, 2.45) is 0 Å². The highest BCUT2D eigenvalue weighted by Gasteiger charge is 2.37. The quantitative estimate of drug-likeness (QED) is 0.325. The van der Waals surface area contributed by atoms with Gasteiger partial charge in [-0.1, -0.05) is 13.0 Å². The van der Waals surface area contributed by atoms with Crippen molar-refractivity contribution in [3.8, 4) is 11.1 Å². The summed E-state index contributed by atoms with van der Waals surface area (Å²) in [7, 11) is -2.74. The van der Waals surface area contributed by atoms with Crippen molar-refractivity contribution in [3.05, 3.63) is 52.3 Å². The van der Waals surface area contributed by atoms with E-state index in [0.717, 1.165) is 16.9 Å². The van der Waals surface area contributed by atoms with Crippen LogP contribution in [0.15, 0.2) is 30.3 Å². The van der Waals surface area contributed by atoms with Gasteiger partial charge >= 0.3 is 0 Å². The van der Waals surface area contributed by atoms with E-state index in [1.807, 2.05) is 6.92 Å². The van der Waals surface area contributed by atoms with Crippen LogP contribution in [0.4, 0.5) is 4.39 Å². The second kappa shape index (κ2) is 11.5. The molecule has 0 fully saturated rings. The van der Waals surface area contributed by atoms with E-state index >= 15 is 4.39 Å². The van der Waals surface area contributed by atoms with Crippen LogP contribution >= 0.6 is 11.3 Å². The molecule has 1 unspecified atom stereocenters. The number of benzene rings is 2. The molecule has 1 atom stereocenters. The van der Waals surface area contributed by atoms with E-state index in [1.54, 1.807) is 18.2 Å². The largest absolute Gasteiger partial charge is 0.384 e. The highest BCUT2D eigenvalue weighted by molar-refractivity contribution is 7.92. The number of sulfone groups is 1. The van der Waals surface area contributed by atoms with Crippen LogP contribution < -0.4 is 16.0 Å². The van der Waals surface area contributed by atoms with E-state index in [2.05, 4.69) is 20.9 Å². The van der Waals surface area contributed by atoms with Gasteiger partial charge in [0, 0.05) is 31.3 Å². The third-order valence-corrected chi connectivity index (χ3v) is 9.11. The fraction of sp³-hybridized carbons (Fsp3) is 0.360. The fourth-order valence-corrected chi connectivity index (χ4v) is 6.98. The number of carbonyl (C=O) groups excluding carboxylic acids is 3. The van der Waals surface area contributed by atoms with Crippen molar-refractivity contribution >= 4 is 49.1 Å². The van der Waals surface area contributed by atoms with E-state index in [9.17, 15) is 22.8 Å². The van der Waals surface area contributed by atoms with E-state index in [1.165, 1.54) is 19.2 Å². The molecule has 3 N–H and O–H groups in total. The van der Waals surface area contributed by atoms with Gasteiger partial charge in [0.2, 0.25) is 11.8 Å². The second-order valence-electron chi connectivity index (χ2n) is 8.71. The average Bonchev–Trinajstić information content (AvgIpc) is 3.46. The topological polar surface area (TPSA) is 144 Å². The van der Waals surface area contributed by atoms with Crippen LogP contribution in [0.25, 0.3) is 21.3 Å². The number of nitrogens with zero attached hydrogens (tertiary/aromatic N) is 1. The van der Waals surface area contributed by atoms with E-state index < -0.39 is 45.0 Å². The summed E-state index contributed by atoms with van der Waals surface area (Å²) >= 11 is 0.893. The molecule has 0 saturated carbocycles. The summed E-state index contributed by atoms with van der Waals surface area (Å²) in [6, 6.07) is 7.72. The summed E-state index contributed by atoms with van der Waals surface area (Å²) in [5.74, 6) is -2.53. The number of thiazole rings is 1. The molecule has 0 spiro atoms. The molecule has 13 heteroatoms. The zero-order valence-electron chi connectivity index (χ0n) is 20.8. The van der Waals surface area contributed by atoms with E-state index in [0.29, 0.717) is 40.9 Å². The molecule has 0 aliphatic carbocycles. The summed E-state index contributed by atoms with van der Waals surface area (Å²) in [6.45, 7) is 2.12. The summed E-state index contributed by atoms with van der Waals surface area (Å²) < 4.78 is 46.7. The van der Waals surface area contributed by atoms with E-state index in [4.69, 9.17) is 4.74 Å². The zero-order chi connectivity index (χ0) is 27.4. The molecule has 4 rings (SSSR count). The molecule has 1 aliphatic rings. The summed E-state index contributed by atoms with van der Waals surface area (Å²) in [5, 5.41) is 5.97. The molecule has 0 saturated heterocycles. The number of hydrogen-bond donors (Lipinski definition) is 3. The van der Waals surface area contributed by atoms with Gasteiger partial charge in [0.05, 0.1) is 29.1 Å². The van der Waals surface area contributed by atoms with Gasteiger partial charge < -0.3 is 20.7 Å². The number of ether oxygens (including phenoxy) is 1. The Morgan fingerprint density at radius 3 is 2.74 bits per heavy atom. The lowest BCUT2D eigenvalue weighted by Gasteiger charge is -2.15. The Bertz CT molecular complexity index is 1500. The lowest BCUT2D eigenvalue weighted by atomic mass is 10.00. The number of carbonyl (C=O) groups is 3. The lowest BCUT2D eigenvalue weighted by molar-refractivity contribution is -0.125. The Hall–Kier alpha value is -3.42. The number of amides is 3. The van der Waals surface area contributed by atoms with Gasteiger partial charge in [-0.2, -0.15) is 0 Å². The first-order valence-electron chi connectivity index (χ1n) is 11.9. The lowest BCUT2D eigenvalue weighted by Crippen LogP contribution is -2.41. The zero-order valence-corrected chi connectivity index (χ0v) is 22.4. The van der Waals surface area contributed by atoms with Gasteiger partial charge in [0.15, 0.2) is 15.1 Å². The molecule has 2 heterocycles.